The Bertz CT molecular complexity index is 667. The molecule has 112 valence electrons. The first-order valence-corrected chi connectivity index (χ1v) is 7.36. The number of rotatable bonds is 5. The molecule has 0 unspecified atom stereocenters. The molecule has 2 rings (SSSR count). The SMILES string of the molecule is Cc1ccc(F)c(C(=O)c2c(Br)cnn2CCN(C)C)c1. The summed E-state index contributed by atoms with van der Waals surface area (Å²) in [6, 6.07) is 4.52. The number of carbonyl (C=O) groups excluding carboxylic acids is 1. The number of nitrogens with zero attached hydrogens (tertiary/aromatic N) is 3. The molecule has 0 aliphatic carbocycles. The average Bonchev–Trinajstić information content (AvgIpc) is 2.79. The molecule has 21 heavy (non-hydrogen) atoms. The number of hydrogen-bond donors (Lipinski definition) is 0. The summed E-state index contributed by atoms with van der Waals surface area (Å²) in [5, 5.41) is 4.19. The molecule has 0 amide bonds. The molecule has 6 heteroatoms. The number of benzene rings is 1. The Morgan fingerprint density at radius 3 is 2.81 bits per heavy atom. The van der Waals surface area contributed by atoms with Crippen molar-refractivity contribution in [1.82, 2.24) is 14.7 Å². The van der Waals surface area contributed by atoms with Crippen molar-refractivity contribution in [2.24, 2.45) is 0 Å². The number of aryl methyl sites for hydroxylation is 1. The molecule has 2 aromatic rings. The number of carbonyl (C=O) groups is 1. The fraction of sp³-hybridized carbons (Fsp3) is 0.333. The van der Waals surface area contributed by atoms with E-state index in [1.807, 2.05) is 25.9 Å². The van der Waals surface area contributed by atoms with E-state index in [2.05, 4.69) is 21.0 Å². The van der Waals surface area contributed by atoms with Gasteiger partial charge in [-0.25, -0.2) is 4.39 Å². The monoisotopic (exact) mass is 353 g/mol. The van der Waals surface area contributed by atoms with Crippen LogP contribution >= 0.6 is 15.9 Å². The lowest BCUT2D eigenvalue weighted by Crippen LogP contribution is -2.22. The Balaban J connectivity index is 2.39. The summed E-state index contributed by atoms with van der Waals surface area (Å²) in [5.74, 6) is -0.878. The molecule has 0 aliphatic heterocycles. The topological polar surface area (TPSA) is 38.1 Å². The minimum absolute atomic E-state index is 0.0716. The molecule has 4 nitrogen and oxygen atoms in total. The second-order valence-corrected chi connectivity index (χ2v) is 6.03. The number of halogens is 2. The molecular formula is C15H17BrFN3O. The number of likely N-dealkylation sites (N-methyl/N-ethyl adjacent to an activating group) is 1. The van der Waals surface area contributed by atoms with Gasteiger partial charge in [0.1, 0.15) is 11.5 Å². The van der Waals surface area contributed by atoms with Crippen molar-refractivity contribution in [2.45, 2.75) is 13.5 Å². The van der Waals surface area contributed by atoms with Crippen molar-refractivity contribution in [3.05, 3.63) is 51.5 Å². The van der Waals surface area contributed by atoms with Crippen molar-refractivity contribution >= 4 is 21.7 Å². The fourth-order valence-corrected chi connectivity index (χ4v) is 2.47. The van der Waals surface area contributed by atoms with E-state index < -0.39 is 5.82 Å². The maximum absolute atomic E-state index is 13.9. The van der Waals surface area contributed by atoms with Gasteiger partial charge >= 0.3 is 0 Å². The zero-order valence-electron chi connectivity index (χ0n) is 12.2. The van der Waals surface area contributed by atoms with E-state index in [1.54, 1.807) is 23.0 Å². The van der Waals surface area contributed by atoms with Crippen LogP contribution in [0.25, 0.3) is 0 Å². The maximum atomic E-state index is 13.9. The van der Waals surface area contributed by atoms with E-state index in [9.17, 15) is 9.18 Å². The first-order chi connectivity index (χ1) is 9.90. The van der Waals surface area contributed by atoms with Crippen LogP contribution in [-0.4, -0.2) is 41.1 Å². The van der Waals surface area contributed by atoms with Crippen LogP contribution in [-0.2, 0) is 6.54 Å². The van der Waals surface area contributed by atoms with Gasteiger partial charge in [0.25, 0.3) is 0 Å². The Morgan fingerprint density at radius 2 is 2.14 bits per heavy atom. The smallest absolute Gasteiger partial charge is 0.215 e. The molecule has 0 saturated carbocycles. The van der Waals surface area contributed by atoms with E-state index in [0.29, 0.717) is 16.7 Å². The van der Waals surface area contributed by atoms with Crippen molar-refractivity contribution in [3.63, 3.8) is 0 Å². The second kappa shape index (κ2) is 6.49. The Kier molecular flexibility index (Phi) is 4.90. The highest BCUT2D eigenvalue weighted by molar-refractivity contribution is 9.10. The largest absolute Gasteiger partial charge is 0.308 e. The second-order valence-electron chi connectivity index (χ2n) is 5.18. The quantitative estimate of drug-likeness (QED) is 0.775. The molecule has 0 fully saturated rings. The van der Waals surface area contributed by atoms with Crippen molar-refractivity contribution < 1.29 is 9.18 Å². The summed E-state index contributed by atoms with van der Waals surface area (Å²) in [6.45, 7) is 3.13. The van der Waals surface area contributed by atoms with E-state index in [-0.39, 0.29) is 11.3 Å². The third-order valence-corrected chi connectivity index (χ3v) is 3.72. The summed E-state index contributed by atoms with van der Waals surface area (Å²) >= 11 is 3.32. The van der Waals surface area contributed by atoms with Crippen LogP contribution < -0.4 is 0 Å². The van der Waals surface area contributed by atoms with E-state index in [0.717, 1.165) is 12.1 Å². The molecule has 0 saturated heterocycles. The van der Waals surface area contributed by atoms with Gasteiger partial charge in [-0.15, -0.1) is 0 Å². The van der Waals surface area contributed by atoms with E-state index in [4.69, 9.17) is 0 Å². The van der Waals surface area contributed by atoms with Gasteiger partial charge in [0, 0.05) is 6.54 Å². The first kappa shape index (κ1) is 15.9. The van der Waals surface area contributed by atoms with Crippen LogP contribution in [0.15, 0.2) is 28.9 Å². The maximum Gasteiger partial charge on any atom is 0.215 e. The molecule has 0 atom stereocenters. The third-order valence-electron chi connectivity index (χ3n) is 3.14. The summed E-state index contributed by atoms with van der Waals surface area (Å²) in [4.78, 5) is 14.6. The van der Waals surface area contributed by atoms with Gasteiger partial charge in [0.2, 0.25) is 5.78 Å². The first-order valence-electron chi connectivity index (χ1n) is 6.57. The summed E-state index contributed by atoms with van der Waals surface area (Å²) in [6.07, 6.45) is 1.57. The lowest BCUT2D eigenvalue weighted by molar-refractivity contribution is 0.102. The number of ketones is 1. The molecule has 0 spiro atoms. The summed E-state index contributed by atoms with van der Waals surface area (Å²) < 4.78 is 16.1. The van der Waals surface area contributed by atoms with Crippen LogP contribution in [0.5, 0.6) is 0 Å². The lowest BCUT2D eigenvalue weighted by atomic mass is 10.0. The number of hydrogen-bond acceptors (Lipinski definition) is 3. The van der Waals surface area contributed by atoms with Crippen LogP contribution in [0.2, 0.25) is 0 Å². The highest BCUT2D eigenvalue weighted by Crippen LogP contribution is 2.22. The zero-order valence-corrected chi connectivity index (χ0v) is 13.8. The van der Waals surface area contributed by atoms with Gasteiger partial charge in [-0.1, -0.05) is 11.6 Å². The minimum Gasteiger partial charge on any atom is -0.308 e. The lowest BCUT2D eigenvalue weighted by Gasteiger charge is -2.12. The van der Waals surface area contributed by atoms with Crippen LogP contribution in [0.3, 0.4) is 0 Å². The van der Waals surface area contributed by atoms with Crippen LogP contribution in [0.4, 0.5) is 4.39 Å². The van der Waals surface area contributed by atoms with Gasteiger partial charge in [0.15, 0.2) is 0 Å². The third kappa shape index (κ3) is 3.57. The molecule has 0 radical (unpaired) electrons. The Morgan fingerprint density at radius 1 is 1.43 bits per heavy atom. The van der Waals surface area contributed by atoms with Crippen molar-refractivity contribution in [2.75, 3.05) is 20.6 Å². The van der Waals surface area contributed by atoms with Crippen molar-refractivity contribution in [3.8, 4) is 0 Å². The predicted molar refractivity (Wildman–Crippen MR) is 83.1 cm³/mol. The highest BCUT2D eigenvalue weighted by atomic mass is 79.9. The standard InChI is InChI=1S/C15H17BrFN3O/c1-10-4-5-13(17)11(8-10)15(21)14-12(16)9-18-20(14)7-6-19(2)3/h4-5,8-9H,6-7H2,1-3H3. The summed E-state index contributed by atoms with van der Waals surface area (Å²) in [5.41, 5.74) is 1.29. The Hall–Kier alpha value is -1.53. The van der Waals surface area contributed by atoms with Gasteiger partial charge in [0.05, 0.1) is 22.8 Å². The molecule has 1 aromatic heterocycles. The van der Waals surface area contributed by atoms with Crippen LogP contribution in [0.1, 0.15) is 21.6 Å². The van der Waals surface area contributed by atoms with Crippen LogP contribution in [0, 0.1) is 12.7 Å². The van der Waals surface area contributed by atoms with E-state index in [1.165, 1.54) is 6.07 Å². The molecule has 0 N–H and O–H groups in total. The number of aromatic nitrogens is 2. The highest BCUT2D eigenvalue weighted by Gasteiger charge is 2.21. The molecule has 0 bridgehead atoms. The van der Waals surface area contributed by atoms with Gasteiger partial charge in [-0.2, -0.15) is 5.10 Å². The minimum atomic E-state index is -0.516. The molecule has 1 heterocycles. The molecule has 0 aliphatic rings. The Labute approximate surface area is 131 Å². The van der Waals surface area contributed by atoms with Crippen molar-refractivity contribution in [1.29, 1.82) is 0 Å². The average molecular weight is 354 g/mol. The zero-order chi connectivity index (χ0) is 15.6. The molecule has 1 aromatic carbocycles. The normalized spacial score (nSPS) is 11.1. The van der Waals surface area contributed by atoms with Gasteiger partial charge in [-0.05, 0) is 49.1 Å². The van der Waals surface area contributed by atoms with Gasteiger partial charge < -0.3 is 4.90 Å². The fourth-order valence-electron chi connectivity index (χ4n) is 1.99. The van der Waals surface area contributed by atoms with E-state index >= 15 is 0 Å². The predicted octanol–water partition coefficient (Wildman–Crippen LogP) is 2.89. The summed E-state index contributed by atoms with van der Waals surface area (Å²) in [7, 11) is 3.89. The molecular weight excluding hydrogens is 337 g/mol. The van der Waals surface area contributed by atoms with Gasteiger partial charge in [-0.3, -0.25) is 9.48 Å².